The van der Waals surface area contributed by atoms with E-state index in [1.165, 1.54) is 24.8 Å². The van der Waals surface area contributed by atoms with E-state index < -0.39 is 0 Å². The first-order valence-electron chi connectivity index (χ1n) is 13.0. The second kappa shape index (κ2) is 12.9. The Balaban J connectivity index is 1.58. The summed E-state index contributed by atoms with van der Waals surface area (Å²) in [5.41, 5.74) is 7.16. The summed E-state index contributed by atoms with van der Waals surface area (Å²) in [7, 11) is 1.67. The number of carbonyl (C=O) groups is 1. The molecule has 0 radical (unpaired) electrons. The van der Waals surface area contributed by atoms with E-state index in [0.29, 0.717) is 18.7 Å². The highest BCUT2D eigenvalue weighted by atomic mass is 16.5. The summed E-state index contributed by atoms with van der Waals surface area (Å²) in [5.74, 6) is 0.543. The van der Waals surface area contributed by atoms with Crippen molar-refractivity contribution in [3.63, 3.8) is 0 Å². The average molecular weight is 498 g/mol. The second-order valence-corrected chi connectivity index (χ2v) is 9.10. The van der Waals surface area contributed by atoms with Crippen LogP contribution < -0.4 is 4.74 Å². The van der Waals surface area contributed by atoms with Gasteiger partial charge >= 0.3 is 5.97 Å². The third-order valence-electron chi connectivity index (χ3n) is 6.46. The van der Waals surface area contributed by atoms with Gasteiger partial charge in [0.2, 0.25) is 0 Å². The summed E-state index contributed by atoms with van der Waals surface area (Å²) in [4.78, 5) is 12.3. The van der Waals surface area contributed by atoms with E-state index in [4.69, 9.17) is 9.47 Å². The number of hydrogen-bond acceptors (Lipinski definition) is 5. The Morgan fingerprint density at radius 1 is 0.838 bits per heavy atom. The van der Waals surface area contributed by atoms with E-state index in [0.717, 1.165) is 40.2 Å². The number of aryl methyl sites for hydroxylation is 1. The fraction of sp³-hybridized carbons (Fsp3) is 0.323. The number of ether oxygens (including phenoxy) is 2. The molecule has 0 aliphatic rings. The van der Waals surface area contributed by atoms with Crippen molar-refractivity contribution in [2.75, 3.05) is 13.7 Å². The molecule has 4 aromatic rings. The molecule has 0 unspecified atom stereocenters. The van der Waals surface area contributed by atoms with Gasteiger partial charge in [-0.05, 0) is 66.3 Å². The summed E-state index contributed by atoms with van der Waals surface area (Å²) >= 11 is 0. The lowest BCUT2D eigenvalue weighted by Crippen LogP contribution is -2.11. The third kappa shape index (κ3) is 6.85. The van der Waals surface area contributed by atoms with Crippen molar-refractivity contribution >= 4 is 5.97 Å². The predicted octanol–water partition coefficient (Wildman–Crippen LogP) is 6.37. The Morgan fingerprint density at radius 2 is 1.49 bits per heavy atom. The lowest BCUT2D eigenvalue weighted by atomic mass is 10.0. The first-order chi connectivity index (χ1) is 18.1. The fourth-order valence-corrected chi connectivity index (χ4v) is 4.38. The van der Waals surface area contributed by atoms with Crippen LogP contribution >= 0.6 is 0 Å². The number of unbranched alkanes of at least 4 members (excludes halogenated alkanes) is 2. The number of hydrogen-bond donors (Lipinski definition) is 0. The molecule has 3 aromatic carbocycles. The molecule has 6 nitrogen and oxygen atoms in total. The van der Waals surface area contributed by atoms with Gasteiger partial charge in [0.05, 0.1) is 37.2 Å². The fourth-order valence-electron chi connectivity index (χ4n) is 4.38. The van der Waals surface area contributed by atoms with Crippen LogP contribution in [-0.2, 0) is 28.8 Å². The second-order valence-electron chi connectivity index (χ2n) is 9.10. The Morgan fingerprint density at radius 3 is 2.11 bits per heavy atom. The number of methoxy groups -OCH3 is 1. The topological polar surface area (TPSA) is 66.2 Å². The zero-order valence-electron chi connectivity index (χ0n) is 21.9. The molecule has 0 fully saturated rings. The minimum Gasteiger partial charge on any atom is -0.497 e. The minimum absolute atomic E-state index is 0.0994. The summed E-state index contributed by atoms with van der Waals surface area (Å²) in [6.07, 6.45) is 5.42. The SMILES string of the molecule is CCCCCc1ccc(-n2nnc(CC(=O)OCC)c2Cc2ccc(-c3ccc(OC)cc3)cc2)cc1. The van der Waals surface area contributed by atoms with Crippen LogP contribution in [0.1, 0.15) is 55.6 Å². The van der Waals surface area contributed by atoms with Crippen molar-refractivity contribution in [3.8, 4) is 22.6 Å². The standard InChI is InChI=1S/C31H35N3O3/c1-4-6-7-8-23-11-17-27(18-12-23)34-30(29(32-33-34)22-31(35)37-5-2)21-24-9-13-25(14-10-24)26-15-19-28(36-3)20-16-26/h9-20H,4-8,21-22H2,1-3H3. The molecule has 0 N–H and O–H groups in total. The van der Waals surface area contributed by atoms with Gasteiger partial charge in [0.15, 0.2) is 0 Å². The zero-order chi connectivity index (χ0) is 26.0. The number of rotatable bonds is 12. The molecule has 37 heavy (non-hydrogen) atoms. The maximum Gasteiger partial charge on any atom is 0.312 e. The molecule has 1 aromatic heterocycles. The molecule has 0 atom stereocenters. The van der Waals surface area contributed by atoms with E-state index in [2.05, 4.69) is 77.9 Å². The molecular weight excluding hydrogens is 462 g/mol. The molecule has 0 bridgehead atoms. The van der Waals surface area contributed by atoms with E-state index in [9.17, 15) is 4.79 Å². The van der Waals surface area contributed by atoms with Crippen LogP contribution in [0.3, 0.4) is 0 Å². The van der Waals surface area contributed by atoms with Crippen LogP contribution in [0, 0.1) is 0 Å². The Kier molecular flexibility index (Phi) is 9.08. The molecule has 1 heterocycles. The van der Waals surface area contributed by atoms with Crippen LogP contribution in [0.2, 0.25) is 0 Å². The lowest BCUT2D eigenvalue weighted by molar-refractivity contribution is -0.142. The average Bonchev–Trinajstić information content (AvgIpc) is 3.31. The van der Waals surface area contributed by atoms with Gasteiger partial charge in [0.1, 0.15) is 5.75 Å². The van der Waals surface area contributed by atoms with Crippen molar-refractivity contribution in [1.29, 1.82) is 0 Å². The summed E-state index contributed by atoms with van der Waals surface area (Å²) in [6.45, 7) is 4.37. The lowest BCUT2D eigenvalue weighted by Gasteiger charge is -2.10. The number of benzene rings is 3. The van der Waals surface area contributed by atoms with Crippen LogP contribution in [0.4, 0.5) is 0 Å². The maximum absolute atomic E-state index is 12.3. The monoisotopic (exact) mass is 497 g/mol. The first kappa shape index (κ1) is 26.1. The van der Waals surface area contributed by atoms with Gasteiger partial charge in [-0.15, -0.1) is 5.10 Å². The summed E-state index contributed by atoms with van der Waals surface area (Å²) in [5, 5.41) is 8.81. The highest BCUT2D eigenvalue weighted by Crippen LogP contribution is 2.25. The van der Waals surface area contributed by atoms with Crippen molar-refractivity contribution in [1.82, 2.24) is 15.0 Å². The number of nitrogens with zero attached hydrogens (tertiary/aromatic N) is 3. The largest absolute Gasteiger partial charge is 0.497 e. The molecule has 0 saturated carbocycles. The molecule has 192 valence electrons. The van der Waals surface area contributed by atoms with Gasteiger partial charge < -0.3 is 9.47 Å². The molecule has 0 aliphatic heterocycles. The highest BCUT2D eigenvalue weighted by Gasteiger charge is 2.18. The van der Waals surface area contributed by atoms with E-state index in [1.54, 1.807) is 7.11 Å². The quantitative estimate of drug-likeness (QED) is 0.168. The molecular formula is C31H35N3O3. The maximum atomic E-state index is 12.3. The minimum atomic E-state index is -0.295. The van der Waals surface area contributed by atoms with Crippen molar-refractivity contribution in [2.45, 2.75) is 52.4 Å². The zero-order valence-corrected chi connectivity index (χ0v) is 21.9. The van der Waals surface area contributed by atoms with E-state index >= 15 is 0 Å². The van der Waals surface area contributed by atoms with E-state index in [-0.39, 0.29) is 12.4 Å². The molecule has 0 aliphatic carbocycles. The van der Waals surface area contributed by atoms with Gasteiger partial charge in [0.25, 0.3) is 0 Å². The number of carbonyl (C=O) groups excluding carboxylic acids is 1. The van der Waals surface area contributed by atoms with Gasteiger partial charge in [0, 0.05) is 6.42 Å². The third-order valence-corrected chi connectivity index (χ3v) is 6.46. The normalized spacial score (nSPS) is 10.9. The Bertz CT molecular complexity index is 1280. The summed E-state index contributed by atoms with van der Waals surface area (Å²) in [6, 6.07) is 25.0. The van der Waals surface area contributed by atoms with Crippen LogP contribution in [0.25, 0.3) is 16.8 Å². The van der Waals surface area contributed by atoms with Gasteiger partial charge in [-0.1, -0.05) is 73.5 Å². The first-order valence-corrected chi connectivity index (χ1v) is 13.0. The smallest absolute Gasteiger partial charge is 0.312 e. The van der Waals surface area contributed by atoms with Crippen molar-refractivity contribution in [3.05, 3.63) is 95.3 Å². The highest BCUT2D eigenvalue weighted by molar-refractivity contribution is 5.72. The number of aromatic nitrogens is 3. The molecule has 0 saturated heterocycles. The van der Waals surface area contributed by atoms with Crippen LogP contribution in [0.5, 0.6) is 5.75 Å². The van der Waals surface area contributed by atoms with Crippen molar-refractivity contribution in [2.24, 2.45) is 0 Å². The van der Waals surface area contributed by atoms with Gasteiger partial charge in [-0.25, -0.2) is 4.68 Å². The predicted molar refractivity (Wildman–Crippen MR) is 146 cm³/mol. The number of esters is 1. The van der Waals surface area contributed by atoms with Crippen LogP contribution in [-0.4, -0.2) is 34.7 Å². The van der Waals surface area contributed by atoms with Gasteiger partial charge in [-0.3, -0.25) is 4.79 Å². The summed E-state index contributed by atoms with van der Waals surface area (Å²) < 4.78 is 12.3. The van der Waals surface area contributed by atoms with Crippen molar-refractivity contribution < 1.29 is 14.3 Å². The molecule has 0 amide bonds. The Labute approximate surface area is 219 Å². The Hall–Kier alpha value is -3.93. The van der Waals surface area contributed by atoms with Gasteiger partial charge in [-0.2, -0.15) is 0 Å². The molecule has 4 rings (SSSR count). The van der Waals surface area contributed by atoms with Crippen LogP contribution in [0.15, 0.2) is 72.8 Å². The molecule has 6 heteroatoms. The van der Waals surface area contributed by atoms with E-state index in [1.807, 2.05) is 23.7 Å². The molecule has 0 spiro atoms.